The van der Waals surface area contributed by atoms with Crippen LogP contribution in [-0.2, 0) is 10.2 Å². The van der Waals surface area contributed by atoms with Crippen molar-refractivity contribution >= 4 is 24.4 Å². The van der Waals surface area contributed by atoms with E-state index in [0.29, 0.717) is 5.69 Å². The number of nitrogen functional groups attached to an aromatic ring is 1. The van der Waals surface area contributed by atoms with Crippen LogP contribution < -0.4 is 5.73 Å². The minimum absolute atomic E-state index is 0. The number of nitrogens with two attached hydrogens (primary N) is 1. The van der Waals surface area contributed by atoms with Gasteiger partial charge in [-0.2, -0.15) is 0 Å². The molecule has 1 aliphatic rings. The maximum Gasteiger partial charge on any atom is 0.130 e. The third-order valence-corrected chi connectivity index (χ3v) is 3.36. The van der Waals surface area contributed by atoms with Crippen LogP contribution in [0.2, 0.25) is 0 Å². The Balaban J connectivity index is 0.00000128. The van der Waals surface area contributed by atoms with E-state index in [4.69, 9.17) is 5.73 Å². The van der Waals surface area contributed by atoms with Crippen LogP contribution in [0.3, 0.4) is 0 Å². The molecule has 88 valence electrons. The van der Waals surface area contributed by atoms with Crippen molar-refractivity contribution in [2.75, 3.05) is 5.73 Å². The number of aldehydes is 1. The van der Waals surface area contributed by atoms with Crippen molar-refractivity contribution < 1.29 is 4.79 Å². The summed E-state index contributed by atoms with van der Waals surface area (Å²) in [5.41, 5.74) is 7.16. The predicted octanol–water partition coefficient (Wildman–Crippen LogP) is 2.49. The smallest absolute Gasteiger partial charge is 0.130 e. The Labute approximate surface area is 102 Å². The van der Waals surface area contributed by atoms with Gasteiger partial charge in [0, 0.05) is 23.6 Å². The molecule has 2 rings (SSSR count). The zero-order chi connectivity index (χ0) is 10.7. The lowest BCUT2D eigenvalue weighted by Crippen LogP contribution is -2.31. The average molecular weight is 241 g/mol. The number of carbonyl (C=O) groups is 1. The number of pyridine rings is 1. The van der Waals surface area contributed by atoms with Gasteiger partial charge in [0.25, 0.3) is 0 Å². The summed E-state index contributed by atoms with van der Waals surface area (Å²) >= 11 is 0. The molecule has 1 heterocycles. The maximum atomic E-state index is 11.4. The predicted molar refractivity (Wildman–Crippen MR) is 66.7 cm³/mol. The maximum absolute atomic E-state index is 11.4. The van der Waals surface area contributed by atoms with Crippen LogP contribution in [0.1, 0.15) is 37.7 Å². The lowest BCUT2D eigenvalue weighted by atomic mass is 9.70. The Morgan fingerprint density at radius 1 is 1.31 bits per heavy atom. The molecule has 0 saturated heterocycles. The van der Waals surface area contributed by atoms with Crippen LogP contribution in [0.15, 0.2) is 18.5 Å². The molecule has 0 amide bonds. The van der Waals surface area contributed by atoms with Crippen LogP contribution in [0.25, 0.3) is 0 Å². The molecule has 2 N–H and O–H groups in total. The molecule has 0 radical (unpaired) electrons. The standard InChI is InChI=1S/C12H16N2O.ClH/c13-11-4-7-14-8-10(11)12(9-15)5-2-1-3-6-12;/h4,7-9H,1-3,5-6H2,(H2,13,14);1H. The number of hydrogen-bond donors (Lipinski definition) is 1. The highest BCUT2D eigenvalue weighted by Gasteiger charge is 2.35. The molecule has 16 heavy (non-hydrogen) atoms. The van der Waals surface area contributed by atoms with Crippen LogP contribution in [-0.4, -0.2) is 11.3 Å². The number of nitrogens with zero attached hydrogens (tertiary/aromatic N) is 1. The second-order valence-electron chi connectivity index (χ2n) is 4.30. The van der Waals surface area contributed by atoms with Gasteiger partial charge < -0.3 is 10.5 Å². The molecule has 0 atom stereocenters. The molecule has 0 unspecified atom stereocenters. The van der Waals surface area contributed by atoms with Crippen LogP contribution in [0, 0.1) is 0 Å². The topological polar surface area (TPSA) is 56.0 Å². The molecule has 1 aromatic heterocycles. The Morgan fingerprint density at radius 2 is 2.00 bits per heavy atom. The second-order valence-corrected chi connectivity index (χ2v) is 4.30. The first kappa shape index (κ1) is 13.0. The van der Waals surface area contributed by atoms with Crippen molar-refractivity contribution in [1.82, 2.24) is 4.98 Å². The molecule has 1 aliphatic carbocycles. The summed E-state index contributed by atoms with van der Waals surface area (Å²) in [4.78, 5) is 15.4. The fourth-order valence-corrected chi connectivity index (χ4v) is 2.45. The lowest BCUT2D eigenvalue weighted by Gasteiger charge is -2.32. The minimum Gasteiger partial charge on any atom is -0.398 e. The molecular weight excluding hydrogens is 224 g/mol. The zero-order valence-electron chi connectivity index (χ0n) is 9.19. The number of aromatic nitrogens is 1. The van der Waals surface area contributed by atoms with Crippen molar-refractivity contribution in [2.45, 2.75) is 37.5 Å². The van der Waals surface area contributed by atoms with Gasteiger partial charge >= 0.3 is 0 Å². The second kappa shape index (κ2) is 5.30. The zero-order valence-corrected chi connectivity index (χ0v) is 10.0. The summed E-state index contributed by atoms with van der Waals surface area (Å²) in [6.07, 6.45) is 9.73. The monoisotopic (exact) mass is 240 g/mol. The number of carbonyl (C=O) groups excluding carboxylic acids is 1. The summed E-state index contributed by atoms with van der Waals surface area (Å²) < 4.78 is 0. The minimum atomic E-state index is -0.364. The van der Waals surface area contributed by atoms with Crippen LogP contribution in [0.5, 0.6) is 0 Å². The summed E-state index contributed by atoms with van der Waals surface area (Å²) in [7, 11) is 0. The Bertz CT molecular complexity index is 362. The van der Waals surface area contributed by atoms with Crippen molar-refractivity contribution in [1.29, 1.82) is 0 Å². The van der Waals surface area contributed by atoms with E-state index in [0.717, 1.165) is 37.5 Å². The highest BCUT2D eigenvalue weighted by atomic mass is 35.5. The lowest BCUT2D eigenvalue weighted by molar-refractivity contribution is -0.113. The normalized spacial score (nSPS) is 18.5. The molecule has 1 saturated carbocycles. The Morgan fingerprint density at radius 3 is 2.56 bits per heavy atom. The molecule has 4 heteroatoms. The Hall–Kier alpha value is -1.09. The number of anilines is 1. The molecule has 0 spiro atoms. The molecule has 1 aromatic rings. The highest BCUT2D eigenvalue weighted by Crippen LogP contribution is 2.39. The van der Waals surface area contributed by atoms with Crippen molar-refractivity contribution in [3.05, 3.63) is 24.0 Å². The molecule has 3 nitrogen and oxygen atoms in total. The third-order valence-electron chi connectivity index (χ3n) is 3.36. The summed E-state index contributed by atoms with van der Waals surface area (Å²) in [6.45, 7) is 0. The van der Waals surface area contributed by atoms with E-state index in [2.05, 4.69) is 4.98 Å². The van der Waals surface area contributed by atoms with Gasteiger partial charge in [-0.25, -0.2) is 0 Å². The largest absolute Gasteiger partial charge is 0.398 e. The molecule has 0 aliphatic heterocycles. The Kier molecular flexibility index (Phi) is 4.30. The van der Waals surface area contributed by atoms with Crippen LogP contribution >= 0.6 is 12.4 Å². The van der Waals surface area contributed by atoms with E-state index in [1.165, 1.54) is 6.42 Å². The van der Waals surface area contributed by atoms with E-state index < -0.39 is 0 Å². The van der Waals surface area contributed by atoms with E-state index in [1.54, 1.807) is 18.5 Å². The number of halogens is 1. The van der Waals surface area contributed by atoms with Gasteiger partial charge in [-0.15, -0.1) is 12.4 Å². The van der Waals surface area contributed by atoms with Gasteiger partial charge in [0.2, 0.25) is 0 Å². The van der Waals surface area contributed by atoms with Gasteiger partial charge in [0.1, 0.15) is 6.29 Å². The van der Waals surface area contributed by atoms with Crippen molar-refractivity contribution in [3.8, 4) is 0 Å². The fourth-order valence-electron chi connectivity index (χ4n) is 2.45. The van der Waals surface area contributed by atoms with Gasteiger partial charge in [-0.1, -0.05) is 19.3 Å². The third kappa shape index (κ3) is 2.19. The summed E-state index contributed by atoms with van der Waals surface area (Å²) in [5, 5.41) is 0. The van der Waals surface area contributed by atoms with Crippen LogP contribution in [0.4, 0.5) is 5.69 Å². The van der Waals surface area contributed by atoms with Crippen molar-refractivity contribution in [3.63, 3.8) is 0 Å². The average Bonchev–Trinajstić information content (AvgIpc) is 2.30. The van der Waals surface area contributed by atoms with E-state index in [1.807, 2.05) is 0 Å². The van der Waals surface area contributed by atoms with Gasteiger partial charge in [-0.05, 0) is 18.9 Å². The quantitative estimate of drug-likeness (QED) is 0.808. The van der Waals surface area contributed by atoms with Crippen molar-refractivity contribution in [2.24, 2.45) is 0 Å². The first-order chi connectivity index (χ1) is 7.28. The van der Waals surface area contributed by atoms with Gasteiger partial charge in [-0.3, -0.25) is 4.98 Å². The number of hydrogen-bond acceptors (Lipinski definition) is 3. The van der Waals surface area contributed by atoms with Gasteiger partial charge in [0.05, 0.1) is 5.41 Å². The highest BCUT2D eigenvalue weighted by molar-refractivity contribution is 5.85. The fraction of sp³-hybridized carbons (Fsp3) is 0.500. The first-order valence-corrected chi connectivity index (χ1v) is 5.45. The summed E-state index contributed by atoms with van der Waals surface area (Å²) in [5.74, 6) is 0. The molecular formula is C12H17ClN2O. The number of rotatable bonds is 2. The first-order valence-electron chi connectivity index (χ1n) is 5.45. The van der Waals surface area contributed by atoms with E-state index in [-0.39, 0.29) is 17.8 Å². The summed E-state index contributed by atoms with van der Waals surface area (Å²) in [6, 6.07) is 1.77. The SMILES string of the molecule is Cl.Nc1ccncc1C1(C=O)CCCCC1. The molecule has 0 bridgehead atoms. The van der Waals surface area contributed by atoms with E-state index in [9.17, 15) is 4.79 Å². The van der Waals surface area contributed by atoms with Gasteiger partial charge in [0.15, 0.2) is 0 Å². The van der Waals surface area contributed by atoms with E-state index >= 15 is 0 Å². The molecule has 0 aromatic carbocycles. The molecule has 1 fully saturated rings.